The number of nitrogens with one attached hydrogen (secondary N) is 2. The normalized spacial score (nSPS) is 10.3. The number of H-pyrrole nitrogens is 1. The average Bonchev–Trinajstić information content (AvgIpc) is 2.48. The van der Waals surface area contributed by atoms with E-state index in [1.807, 2.05) is 30.3 Å². The number of pyridine rings is 1. The first-order valence-electron chi connectivity index (χ1n) is 6.28. The second-order valence-electron chi connectivity index (χ2n) is 4.32. The van der Waals surface area contributed by atoms with Gasteiger partial charge in [0.15, 0.2) is 0 Å². The van der Waals surface area contributed by atoms with Crippen molar-refractivity contribution in [1.29, 1.82) is 0 Å². The molecule has 106 valence electrons. The molecule has 2 N–H and O–H groups in total. The Morgan fingerprint density at radius 2 is 1.95 bits per heavy atom. The van der Waals surface area contributed by atoms with E-state index in [1.54, 1.807) is 21.3 Å². The second kappa shape index (κ2) is 6.25. The first kappa shape index (κ1) is 14.1. The Bertz CT molecular complexity index is 650. The summed E-state index contributed by atoms with van der Waals surface area (Å²) in [6, 6.07) is 9.14. The van der Waals surface area contributed by atoms with Crippen LogP contribution in [-0.4, -0.2) is 26.3 Å². The average molecular weight is 274 g/mol. The number of benzene rings is 1. The highest BCUT2D eigenvalue weighted by Gasteiger charge is 2.09. The molecule has 1 heterocycles. The van der Waals surface area contributed by atoms with Gasteiger partial charge in [-0.05, 0) is 31.3 Å². The maximum atomic E-state index is 12.0. The van der Waals surface area contributed by atoms with Crippen LogP contribution in [0.3, 0.4) is 0 Å². The van der Waals surface area contributed by atoms with Crippen LogP contribution in [0.25, 0.3) is 11.3 Å². The van der Waals surface area contributed by atoms with Crippen molar-refractivity contribution >= 4 is 0 Å². The first-order chi connectivity index (χ1) is 9.69. The van der Waals surface area contributed by atoms with E-state index in [0.29, 0.717) is 29.3 Å². The van der Waals surface area contributed by atoms with Crippen molar-refractivity contribution in [2.75, 3.05) is 21.3 Å². The molecule has 0 atom stereocenters. The van der Waals surface area contributed by atoms with Crippen LogP contribution in [0.4, 0.5) is 0 Å². The summed E-state index contributed by atoms with van der Waals surface area (Å²) in [5, 5.41) is 2.96. The summed E-state index contributed by atoms with van der Waals surface area (Å²) in [6.45, 7) is 0.533. The largest absolute Gasteiger partial charge is 0.497 e. The molecular weight excluding hydrogens is 256 g/mol. The minimum absolute atomic E-state index is 0.110. The number of aromatic amines is 1. The molecule has 0 fully saturated rings. The smallest absolute Gasteiger partial charge is 0.252 e. The third-order valence-electron chi connectivity index (χ3n) is 3.06. The van der Waals surface area contributed by atoms with Gasteiger partial charge in [-0.15, -0.1) is 0 Å². The van der Waals surface area contributed by atoms with Crippen LogP contribution in [0.5, 0.6) is 11.5 Å². The number of ether oxygens (including phenoxy) is 2. The molecule has 1 aromatic carbocycles. The molecule has 0 bridgehead atoms. The molecule has 0 unspecified atom stereocenters. The number of hydrogen-bond donors (Lipinski definition) is 2. The van der Waals surface area contributed by atoms with Crippen molar-refractivity contribution in [2.45, 2.75) is 6.54 Å². The van der Waals surface area contributed by atoms with E-state index in [9.17, 15) is 4.79 Å². The lowest BCUT2D eigenvalue weighted by Gasteiger charge is -2.11. The van der Waals surface area contributed by atoms with Gasteiger partial charge in [0.05, 0.1) is 19.9 Å². The lowest BCUT2D eigenvalue weighted by molar-refractivity contribution is 0.404. The SMILES string of the molecule is CNCc1ccc(-c2cc(OC)ccc2OC)[nH]c1=O. The monoisotopic (exact) mass is 274 g/mol. The third-order valence-corrected chi connectivity index (χ3v) is 3.06. The van der Waals surface area contributed by atoms with Gasteiger partial charge in [-0.2, -0.15) is 0 Å². The van der Waals surface area contributed by atoms with E-state index in [4.69, 9.17) is 9.47 Å². The highest BCUT2D eigenvalue weighted by Crippen LogP contribution is 2.31. The fourth-order valence-electron chi connectivity index (χ4n) is 2.02. The lowest BCUT2D eigenvalue weighted by Crippen LogP contribution is -2.18. The summed E-state index contributed by atoms with van der Waals surface area (Å²) in [6.07, 6.45) is 0. The predicted octanol–water partition coefficient (Wildman–Crippen LogP) is 1.78. The molecule has 5 heteroatoms. The van der Waals surface area contributed by atoms with E-state index in [1.165, 1.54) is 0 Å². The minimum atomic E-state index is -0.110. The summed E-state index contributed by atoms with van der Waals surface area (Å²) in [5.74, 6) is 1.39. The van der Waals surface area contributed by atoms with E-state index >= 15 is 0 Å². The lowest BCUT2D eigenvalue weighted by atomic mass is 10.1. The van der Waals surface area contributed by atoms with Gasteiger partial charge in [0.1, 0.15) is 11.5 Å². The molecule has 5 nitrogen and oxygen atoms in total. The van der Waals surface area contributed by atoms with Crippen LogP contribution in [0.2, 0.25) is 0 Å². The van der Waals surface area contributed by atoms with Crippen LogP contribution in [0.1, 0.15) is 5.56 Å². The van der Waals surface area contributed by atoms with Crippen molar-refractivity contribution in [1.82, 2.24) is 10.3 Å². The van der Waals surface area contributed by atoms with Gasteiger partial charge in [0, 0.05) is 17.7 Å². The van der Waals surface area contributed by atoms with Crippen LogP contribution < -0.4 is 20.3 Å². The summed E-state index contributed by atoms with van der Waals surface area (Å²) >= 11 is 0. The van der Waals surface area contributed by atoms with E-state index in [2.05, 4.69) is 10.3 Å². The molecule has 0 aliphatic heterocycles. The Kier molecular flexibility index (Phi) is 4.42. The molecule has 0 aliphatic carbocycles. The predicted molar refractivity (Wildman–Crippen MR) is 78.4 cm³/mol. The molecule has 1 aromatic heterocycles. The molecule has 0 saturated carbocycles. The van der Waals surface area contributed by atoms with E-state index in [0.717, 1.165) is 5.56 Å². The number of rotatable bonds is 5. The van der Waals surface area contributed by atoms with Crippen molar-refractivity contribution in [2.24, 2.45) is 0 Å². The highest BCUT2D eigenvalue weighted by atomic mass is 16.5. The molecule has 0 amide bonds. The fourth-order valence-corrected chi connectivity index (χ4v) is 2.02. The quantitative estimate of drug-likeness (QED) is 0.872. The Labute approximate surface area is 117 Å². The van der Waals surface area contributed by atoms with Gasteiger partial charge in [0.25, 0.3) is 5.56 Å². The number of aromatic nitrogens is 1. The third kappa shape index (κ3) is 2.83. The molecule has 0 aliphatic rings. The van der Waals surface area contributed by atoms with Crippen LogP contribution in [0, 0.1) is 0 Å². The van der Waals surface area contributed by atoms with Crippen molar-refractivity contribution in [3.05, 3.63) is 46.2 Å². The van der Waals surface area contributed by atoms with Gasteiger partial charge >= 0.3 is 0 Å². The van der Waals surface area contributed by atoms with E-state index < -0.39 is 0 Å². The first-order valence-corrected chi connectivity index (χ1v) is 6.28. The van der Waals surface area contributed by atoms with Crippen molar-refractivity contribution in [3.63, 3.8) is 0 Å². The van der Waals surface area contributed by atoms with Gasteiger partial charge in [-0.25, -0.2) is 0 Å². The van der Waals surface area contributed by atoms with Gasteiger partial charge < -0.3 is 19.8 Å². The molecule has 0 spiro atoms. The standard InChI is InChI=1S/C15H18N2O3/c1-16-9-10-4-6-13(17-15(10)18)12-8-11(19-2)5-7-14(12)20-3/h4-8,16H,9H2,1-3H3,(H,17,18). The zero-order valence-electron chi connectivity index (χ0n) is 11.8. The molecule has 2 aromatic rings. The summed E-state index contributed by atoms with van der Waals surface area (Å²) < 4.78 is 10.5. The highest BCUT2D eigenvalue weighted by molar-refractivity contribution is 5.69. The minimum Gasteiger partial charge on any atom is -0.497 e. The van der Waals surface area contributed by atoms with Gasteiger partial charge in [0.2, 0.25) is 0 Å². The zero-order chi connectivity index (χ0) is 14.5. The molecular formula is C15H18N2O3. The van der Waals surface area contributed by atoms with E-state index in [-0.39, 0.29) is 5.56 Å². The number of hydrogen-bond acceptors (Lipinski definition) is 4. The molecule has 20 heavy (non-hydrogen) atoms. The Morgan fingerprint density at radius 3 is 2.55 bits per heavy atom. The zero-order valence-corrected chi connectivity index (χ0v) is 11.8. The number of methoxy groups -OCH3 is 2. The molecule has 2 rings (SSSR count). The Hall–Kier alpha value is -2.27. The summed E-state index contributed by atoms with van der Waals surface area (Å²) in [7, 11) is 5.00. The Morgan fingerprint density at radius 1 is 1.15 bits per heavy atom. The van der Waals surface area contributed by atoms with Crippen molar-refractivity contribution in [3.8, 4) is 22.8 Å². The van der Waals surface area contributed by atoms with Crippen molar-refractivity contribution < 1.29 is 9.47 Å². The van der Waals surface area contributed by atoms with Gasteiger partial charge in [-0.1, -0.05) is 6.07 Å². The molecule has 0 radical (unpaired) electrons. The fraction of sp³-hybridized carbons (Fsp3) is 0.267. The van der Waals surface area contributed by atoms with Crippen LogP contribution >= 0.6 is 0 Å². The van der Waals surface area contributed by atoms with Crippen LogP contribution in [0.15, 0.2) is 35.1 Å². The Balaban J connectivity index is 2.50. The summed E-state index contributed by atoms with van der Waals surface area (Å²) in [4.78, 5) is 14.9. The maximum Gasteiger partial charge on any atom is 0.252 e. The van der Waals surface area contributed by atoms with Gasteiger partial charge in [-0.3, -0.25) is 4.79 Å². The molecule has 0 saturated heterocycles. The topological polar surface area (TPSA) is 63.4 Å². The second-order valence-corrected chi connectivity index (χ2v) is 4.32. The van der Waals surface area contributed by atoms with Crippen LogP contribution in [-0.2, 0) is 6.54 Å². The summed E-state index contributed by atoms with van der Waals surface area (Å²) in [5.41, 5.74) is 2.07. The maximum absolute atomic E-state index is 12.0.